The monoisotopic (exact) mass is 137 g/mol. The molecule has 3 nitrogen and oxygen atoms in total. The predicted octanol–water partition coefficient (Wildman–Crippen LogP) is 0.444. The standard InChI is InChI=1S/C6H13NO2/c1-4(2)3-5(7)6(8)9/h4-5H,3,7H2,1-2H3,(H,8,9)/t5-/m0/s1/i1D3,2+1,3D,4D/t3?,4-,5-. The van der Waals surface area contributed by atoms with Crippen molar-refractivity contribution >= 4 is 5.97 Å². The van der Waals surface area contributed by atoms with E-state index in [0.29, 0.717) is 0 Å². The number of rotatable bonds is 3. The van der Waals surface area contributed by atoms with Crippen LogP contribution in [0.1, 0.15) is 27.0 Å². The van der Waals surface area contributed by atoms with E-state index in [1.807, 2.05) is 0 Å². The molecule has 0 heterocycles. The molecule has 0 aromatic heterocycles. The van der Waals surface area contributed by atoms with E-state index in [1.165, 1.54) is 0 Å². The van der Waals surface area contributed by atoms with Gasteiger partial charge in [-0.1, -0.05) is 13.8 Å². The van der Waals surface area contributed by atoms with E-state index in [0.717, 1.165) is 6.92 Å². The first-order valence-electron chi connectivity index (χ1n) is 5.00. The molecule has 0 aliphatic carbocycles. The molecule has 0 saturated carbocycles. The third-order valence-electron chi connectivity index (χ3n) is 0.715. The quantitative estimate of drug-likeness (QED) is 0.555. The average Bonchev–Trinajstić information content (AvgIpc) is 1.99. The Balaban J connectivity index is 4.84. The van der Waals surface area contributed by atoms with Crippen molar-refractivity contribution in [1.82, 2.24) is 0 Å². The van der Waals surface area contributed by atoms with E-state index in [-0.39, 0.29) is 0 Å². The Labute approximate surface area is 61.9 Å². The molecule has 9 heavy (non-hydrogen) atoms. The normalized spacial score (nSPS) is 33.3. The van der Waals surface area contributed by atoms with Gasteiger partial charge in [0.25, 0.3) is 0 Å². The van der Waals surface area contributed by atoms with Crippen LogP contribution in [0.3, 0.4) is 0 Å². The molecule has 0 rings (SSSR count). The molecule has 0 radical (unpaired) electrons. The molecule has 0 aromatic carbocycles. The number of carboxylic acids is 1. The highest BCUT2D eigenvalue weighted by atomic mass is 16.4. The summed E-state index contributed by atoms with van der Waals surface area (Å²) in [5, 5.41) is 8.47. The average molecular weight is 137 g/mol. The van der Waals surface area contributed by atoms with Gasteiger partial charge in [-0.05, 0) is 12.3 Å². The van der Waals surface area contributed by atoms with Gasteiger partial charge in [0.1, 0.15) is 6.04 Å². The highest BCUT2D eigenvalue weighted by molar-refractivity contribution is 5.72. The van der Waals surface area contributed by atoms with Crippen molar-refractivity contribution in [3.8, 4) is 0 Å². The van der Waals surface area contributed by atoms with E-state index in [4.69, 9.17) is 17.7 Å². The summed E-state index contributed by atoms with van der Waals surface area (Å²) in [5.74, 6) is -3.67. The smallest absolute Gasteiger partial charge is 0.320 e. The Hall–Kier alpha value is -0.570. The second-order valence-electron chi connectivity index (χ2n) is 1.71. The largest absolute Gasteiger partial charge is 0.480 e. The fraction of sp³-hybridized carbons (Fsp3) is 0.833. The highest BCUT2D eigenvalue weighted by Gasteiger charge is 2.11. The number of hydrogen-bond donors (Lipinski definition) is 2. The third kappa shape index (κ3) is 3.97. The number of nitrogens with two attached hydrogens (primary N) is 1. The molecule has 54 valence electrons. The third-order valence-corrected chi connectivity index (χ3v) is 0.715. The number of hydrogen-bond acceptors (Lipinski definition) is 2. The summed E-state index contributed by atoms with van der Waals surface area (Å²) in [4.78, 5) is 10.4. The lowest BCUT2D eigenvalue weighted by molar-refractivity contribution is -0.138. The molecule has 3 heteroatoms. The van der Waals surface area contributed by atoms with Gasteiger partial charge in [0, 0.05) is 6.85 Å². The lowest BCUT2D eigenvalue weighted by Crippen LogP contribution is -2.31. The topological polar surface area (TPSA) is 63.3 Å². The van der Waals surface area contributed by atoms with Crippen LogP contribution in [0.5, 0.6) is 0 Å². The zero-order chi connectivity index (χ0) is 11.7. The van der Waals surface area contributed by atoms with E-state index in [1.54, 1.807) is 0 Å². The summed E-state index contributed by atoms with van der Waals surface area (Å²) in [6.07, 6.45) is -1.70. The molecule has 1 unspecified atom stereocenters. The van der Waals surface area contributed by atoms with E-state index in [9.17, 15) is 4.79 Å². The lowest BCUT2D eigenvalue weighted by Gasteiger charge is -2.07. The molecule has 0 bridgehead atoms. The van der Waals surface area contributed by atoms with Gasteiger partial charge in [-0.25, -0.2) is 0 Å². The van der Waals surface area contributed by atoms with Crippen molar-refractivity contribution in [3.63, 3.8) is 0 Å². The van der Waals surface area contributed by atoms with Gasteiger partial charge >= 0.3 is 5.97 Å². The van der Waals surface area contributed by atoms with E-state index in [2.05, 4.69) is 0 Å². The molecule has 3 N–H and O–H groups in total. The van der Waals surface area contributed by atoms with Crippen molar-refractivity contribution in [1.29, 1.82) is 0 Å². The van der Waals surface area contributed by atoms with Crippen LogP contribution in [-0.2, 0) is 4.79 Å². The maximum Gasteiger partial charge on any atom is 0.320 e. The van der Waals surface area contributed by atoms with Crippen LogP contribution in [0.2, 0.25) is 0 Å². The maximum atomic E-state index is 10.4. The second-order valence-corrected chi connectivity index (χ2v) is 1.71. The Morgan fingerprint density at radius 1 is 2.22 bits per heavy atom. The molecular formula is C6H13NO2. The van der Waals surface area contributed by atoms with Gasteiger partial charge in [0.2, 0.25) is 0 Å². The van der Waals surface area contributed by atoms with Crippen LogP contribution in [0.15, 0.2) is 0 Å². The van der Waals surface area contributed by atoms with Crippen molar-refractivity contribution < 1.29 is 16.8 Å². The molecule has 0 saturated heterocycles. The Bertz CT molecular complexity index is 227. The van der Waals surface area contributed by atoms with Gasteiger partial charge in [-0.2, -0.15) is 0 Å². The molecule has 0 amide bonds. The van der Waals surface area contributed by atoms with Crippen LogP contribution < -0.4 is 5.73 Å². The first-order chi connectivity index (χ1) is 6.01. The Morgan fingerprint density at radius 2 is 2.78 bits per heavy atom. The van der Waals surface area contributed by atoms with Gasteiger partial charge in [-0.15, -0.1) is 0 Å². The summed E-state index contributed by atoms with van der Waals surface area (Å²) in [6.45, 7) is -1.74. The minimum Gasteiger partial charge on any atom is -0.480 e. The Kier molecular flexibility index (Phi) is 1.16. The maximum absolute atomic E-state index is 10.4. The zero-order valence-electron chi connectivity index (χ0n) is 10.1. The molecule has 0 fully saturated rings. The molecule has 3 atom stereocenters. The second kappa shape index (κ2) is 3.45. The van der Waals surface area contributed by atoms with Crippen LogP contribution in [0.25, 0.3) is 0 Å². The van der Waals surface area contributed by atoms with E-state index >= 15 is 0 Å². The van der Waals surface area contributed by atoms with E-state index < -0.39 is 31.2 Å². The fourth-order valence-corrected chi connectivity index (χ4v) is 0.341. The summed E-state index contributed by atoms with van der Waals surface area (Å²) < 4.78 is 35.7. The number of aliphatic carboxylic acids is 1. The first-order valence-corrected chi connectivity index (χ1v) is 2.42. The number of carbonyl (C=O) groups is 1. The minimum absolute atomic E-state index is 0.987. The van der Waals surface area contributed by atoms with Crippen LogP contribution in [-0.4, -0.2) is 17.1 Å². The fourth-order valence-electron chi connectivity index (χ4n) is 0.341. The van der Waals surface area contributed by atoms with Crippen molar-refractivity contribution in [2.45, 2.75) is 26.2 Å². The van der Waals surface area contributed by atoms with Gasteiger partial charge in [0.15, 0.2) is 0 Å². The Morgan fingerprint density at radius 3 is 3.11 bits per heavy atom. The van der Waals surface area contributed by atoms with Crippen molar-refractivity contribution in [3.05, 3.63) is 0 Å². The summed E-state index contributed by atoms with van der Waals surface area (Å²) in [6, 6.07) is -1.67. The molecule has 0 aliphatic heterocycles. The SMILES string of the molecule is [2H]C([C@H](N)C(=O)O)[C@]([2H])([13CH3])C([2H])([2H])[2H]. The first kappa shape index (κ1) is 3.01. The summed E-state index contributed by atoms with van der Waals surface area (Å²) in [5.41, 5.74) is 5.09. The molecule has 0 spiro atoms. The summed E-state index contributed by atoms with van der Waals surface area (Å²) >= 11 is 0. The predicted molar refractivity (Wildman–Crippen MR) is 35.1 cm³/mol. The summed E-state index contributed by atoms with van der Waals surface area (Å²) in [7, 11) is 0. The van der Waals surface area contributed by atoms with Crippen LogP contribution >= 0.6 is 0 Å². The van der Waals surface area contributed by atoms with Crippen LogP contribution in [0.4, 0.5) is 0 Å². The van der Waals surface area contributed by atoms with Gasteiger partial charge in [-0.3, -0.25) is 4.79 Å². The highest BCUT2D eigenvalue weighted by Crippen LogP contribution is 2.01. The molecule has 0 aliphatic rings. The van der Waals surface area contributed by atoms with Crippen molar-refractivity contribution in [2.75, 3.05) is 0 Å². The lowest BCUT2D eigenvalue weighted by atomic mass is 10.1. The van der Waals surface area contributed by atoms with Crippen molar-refractivity contribution in [2.24, 2.45) is 11.6 Å². The van der Waals surface area contributed by atoms with Gasteiger partial charge < -0.3 is 10.8 Å². The molecular weight excluding hydrogens is 119 g/mol. The zero-order valence-corrected chi connectivity index (χ0v) is 5.09. The van der Waals surface area contributed by atoms with Gasteiger partial charge in [0.05, 0.1) is 0 Å². The number of carboxylic acid groups (broad SMARTS) is 1. The minimum atomic E-state index is -2.73. The van der Waals surface area contributed by atoms with Crippen LogP contribution in [0, 0.1) is 5.89 Å². The molecule has 0 aromatic rings.